The highest BCUT2D eigenvalue weighted by Crippen LogP contribution is 2.44. The molecule has 0 bridgehead atoms. The summed E-state index contributed by atoms with van der Waals surface area (Å²) in [6, 6.07) is 7.79. The molecule has 1 aromatic carbocycles. The van der Waals surface area contributed by atoms with Crippen LogP contribution in [0, 0.1) is 0 Å². The van der Waals surface area contributed by atoms with E-state index in [1.165, 1.54) is 0 Å². The third-order valence-corrected chi connectivity index (χ3v) is 7.15. The minimum atomic E-state index is -0.517. The minimum absolute atomic E-state index is 0.0370. The summed E-state index contributed by atoms with van der Waals surface area (Å²) in [5, 5.41) is 13.7. The first-order chi connectivity index (χ1) is 15.0. The molecule has 0 aliphatic carbocycles. The monoisotopic (exact) mass is 457 g/mol. The first-order valence-electron chi connectivity index (χ1n) is 10.5. The molecular formula is C23H24ClN3O3S. The second-order valence-corrected chi connectivity index (χ2v) is 9.74. The van der Waals surface area contributed by atoms with Gasteiger partial charge in [0.15, 0.2) is 6.10 Å². The zero-order valence-corrected chi connectivity index (χ0v) is 18.8. The molecule has 5 rings (SSSR count). The number of ether oxygens (including phenoxy) is 1. The van der Waals surface area contributed by atoms with Gasteiger partial charge in [-0.3, -0.25) is 9.78 Å². The summed E-state index contributed by atoms with van der Waals surface area (Å²) in [5.74, 6) is 0.769. The molecule has 8 heteroatoms. The highest BCUT2D eigenvalue weighted by atomic mass is 35.5. The SMILES string of the molecule is CC(O)Cc1cc2nccc(-c3cc(Cl)cc4c3O[C@@H](C(=O)N3CCNCC3)C4)c2s1. The number of nitrogens with one attached hydrogen (secondary N) is 1. The van der Waals surface area contributed by atoms with Crippen LogP contribution in [0.25, 0.3) is 21.3 Å². The first-order valence-corrected chi connectivity index (χ1v) is 11.7. The summed E-state index contributed by atoms with van der Waals surface area (Å²) in [5.41, 5.74) is 3.72. The van der Waals surface area contributed by atoms with E-state index in [0.717, 1.165) is 50.6 Å². The van der Waals surface area contributed by atoms with E-state index in [-0.39, 0.29) is 5.91 Å². The number of amides is 1. The Morgan fingerprint density at radius 2 is 2.16 bits per heavy atom. The molecule has 1 amide bonds. The lowest BCUT2D eigenvalue weighted by atomic mass is 10.0. The zero-order valence-electron chi connectivity index (χ0n) is 17.2. The van der Waals surface area contributed by atoms with Gasteiger partial charge in [-0.2, -0.15) is 0 Å². The summed E-state index contributed by atoms with van der Waals surface area (Å²) >= 11 is 8.10. The quantitative estimate of drug-likeness (QED) is 0.629. The molecule has 0 radical (unpaired) electrons. The number of carbonyl (C=O) groups excluding carboxylic acids is 1. The lowest BCUT2D eigenvalue weighted by Crippen LogP contribution is -2.50. The number of pyridine rings is 1. The Labute approximate surface area is 189 Å². The van der Waals surface area contributed by atoms with E-state index < -0.39 is 12.2 Å². The van der Waals surface area contributed by atoms with Crippen molar-refractivity contribution in [3.05, 3.63) is 45.9 Å². The van der Waals surface area contributed by atoms with Gasteiger partial charge in [-0.25, -0.2) is 0 Å². The lowest BCUT2D eigenvalue weighted by molar-refractivity contribution is -0.138. The molecule has 3 aromatic rings. The molecule has 6 nitrogen and oxygen atoms in total. The fraction of sp³-hybridized carbons (Fsp3) is 0.391. The maximum atomic E-state index is 13.0. The van der Waals surface area contributed by atoms with Crippen LogP contribution in [0.5, 0.6) is 5.75 Å². The second-order valence-electron chi connectivity index (χ2n) is 8.17. The Morgan fingerprint density at radius 1 is 1.35 bits per heavy atom. The third-order valence-electron chi connectivity index (χ3n) is 5.75. The van der Waals surface area contributed by atoms with E-state index in [2.05, 4.69) is 10.3 Å². The second kappa shape index (κ2) is 8.39. The number of nitrogens with zero attached hydrogens (tertiary/aromatic N) is 2. The molecule has 2 aromatic heterocycles. The average molecular weight is 458 g/mol. The summed E-state index contributed by atoms with van der Waals surface area (Å²) in [7, 11) is 0. The van der Waals surface area contributed by atoms with Gasteiger partial charge in [-0.1, -0.05) is 11.6 Å². The van der Waals surface area contributed by atoms with Crippen molar-refractivity contribution in [1.29, 1.82) is 0 Å². The number of rotatable bonds is 4. The number of aliphatic hydroxyl groups excluding tert-OH is 1. The fourth-order valence-corrected chi connectivity index (χ4v) is 5.84. The van der Waals surface area contributed by atoms with Gasteiger partial charge in [0.25, 0.3) is 5.91 Å². The van der Waals surface area contributed by atoms with Crippen molar-refractivity contribution in [2.45, 2.75) is 32.0 Å². The van der Waals surface area contributed by atoms with Gasteiger partial charge in [0.05, 0.1) is 16.3 Å². The molecule has 1 fully saturated rings. The molecule has 0 spiro atoms. The number of halogens is 1. The molecule has 1 saturated heterocycles. The number of fused-ring (bicyclic) bond motifs is 2. The van der Waals surface area contributed by atoms with Gasteiger partial charge in [0, 0.05) is 71.8 Å². The van der Waals surface area contributed by atoms with Crippen LogP contribution >= 0.6 is 22.9 Å². The Hall–Kier alpha value is -2.19. The van der Waals surface area contributed by atoms with Crippen LogP contribution in [0.4, 0.5) is 0 Å². The van der Waals surface area contributed by atoms with Crippen molar-refractivity contribution in [3.8, 4) is 16.9 Å². The highest BCUT2D eigenvalue weighted by Gasteiger charge is 2.35. The topological polar surface area (TPSA) is 74.7 Å². The van der Waals surface area contributed by atoms with Gasteiger partial charge in [0.1, 0.15) is 5.75 Å². The van der Waals surface area contributed by atoms with E-state index in [9.17, 15) is 9.90 Å². The van der Waals surface area contributed by atoms with Gasteiger partial charge in [0.2, 0.25) is 0 Å². The number of aromatic nitrogens is 1. The van der Waals surface area contributed by atoms with E-state index in [0.29, 0.717) is 31.0 Å². The van der Waals surface area contributed by atoms with Gasteiger partial charge in [-0.05, 0) is 31.2 Å². The summed E-state index contributed by atoms with van der Waals surface area (Å²) in [6.07, 6.45) is 1.97. The van der Waals surface area contributed by atoms with Crippen LogP contribution in [-0.2, 0) is 17.6 Å². The molecule has 2 N–H and O–H groups in total. The molecule has 31 heavy (non-hydrogen) atoms. The van der Waals surface area contributed by atoms with Crippen LogP contribution < -0.4 is 10.1 Å². The average Bonchev–Trinajstić information content (AvgIpc) is 3.36. The maximum Gasteiger partial charge on any atom is 0.264 e. The molecule has 0 saturated carbocycles. The number of benzene rings is 1. The van der Waals surface area contributed by atoms with Gasteiger partial charge < -0.3 is 20.1 Å². The molecular weight excluding hydrogens is 434 g/mol. The van der Waals surface area contributed by atoms with E-state index >= 15 is 0 Å². The Bertz CT molecular complexity index is 1140. The van der Waals surface area contributed by atoms with Crippen molar-refractivity contribution in [1.82, 2.24) is 15.2 Å². The highest BCUT2D eigenvalue weighted by molar-refractivity contribution is 7.19. The number of aliphatic hydroxyl groups is 1. The largest absolute Gasteiger partial charge is 0.479 e. The number of thiophene rings is 1. The van der Waals surface area contributed by atoms with Crippen molar-refractivity contribution >= 4 is 39.1 Å². The smallest absolute Gasteiger partial charge is 0.264 e. The van der Waals surface area contributed by atoms with Crippen LogP contribution in [0.1, 0.15) is 17.4 Å². The van der Waals surface area contributed by atoms with Crippen LogP contribution in [-0.4, -0.2) is 59.3 Å². The predicted molar refractivity (Wildman–Crippen MR) is 123 cm³/mol. The number of hydrogen-bond acceptors (Lipinski definition) is 6. The summed E-state index contributed by atoms with van der Waals surface area (Å²) < 4.78 is 7.29. The van der Waals surface area contributed by atoms with Crippen LogP contribution in [0.3, 0.4) is 0 Å². The lowest BCUT2D eigenvalue weighted by Gasteiger charge is -2.29. The first kappa shape index (κ1) is 20.7. The minimum Gasteiger partial charge on any atom is -0.479 e. The van der Waals surface area contributed by atoms with Gasteiger partial charge in [-0.15, -0.1) is 11.3 Å². The van der Waals surface area contributed by atoms with Crippen LogP contribution in [0.2, 0.25) is 5.02 Å². The Balaban J connectivity index is 1.52. The normalized spacial score (nSPS) is 19.3. The third kappa shape index (κ3) is 4.03. The summed E-state index contributed by atoms with van der Waals surface area (Å²) in [6.45, 7) is 4.81. The van der Waals surface area contributed by atoms with Crippen molar-refractivity contribution in [2.75, 3.05) is 26.2 Å². The van der Waals surface area contributed by atoms with Gasteiger partial charge >= 0.3 is 0 Å². The van der Waals surface area contributed by atoms with E-state index in [4.69, 9.17) is 16.3 Å². The Morgan fingerprint density at radius 3 is 2.94 bits per heavy atom. The zero-order chi connectivity index (χ0) is 21.5. The van der Waals surface area contributed by atoms with Crippen LogP contribution in [0.15, 0.2) is 30.5 Å². The predicted octanol–water partition coefficient (Wildman–Crippen LogP) is 3.28. The molecule has 2 aliphatic rings. The number of carbonyl (C=O) groups is 1. The molecule has 1 unspecified atom stereocenters. The van der Waals surface area contributed by atoms with Crippen molar-refractivity contribution < 1.29 is 14.6 Å². The Kier molecular flexibility index (Phi) is 5.60. The van der Waals surface area contributed by atoms with E-state index in [1.807, 2.05) is 29.2 Å². The molecule has 2 atom stereocenters. The summed E-state index contributed by atoms with van der Waals surface area (Å²) in [4.78, 5) is 20.5. The van der Waals surface area contributed by atoms with Crippen molar-refractivity contribution in [2.24, 2.45) is 0 Å². The maximum absolute atomic E-state index is 13.0. The molecule has 4 heterocycles. The van der Waals surface area contributed by atoms with Crippen molar-refractivity contribution in [3.63, 3.8) is 0 Å². The molecule has 2 aliphatic heterocycles. The standard InChI is InChI=1S/C23H24ClN3O3S/c1-13(28)8-16-12-19-22(31-16)17(2-3-26-19)18-11-15(24)9-14-10-20(30-21(14)18)23(29)27-6-4-25-5-7-27/h2-3,9,11-13,20,25,28H,4-8,10H2,1H3/t13?,20-/m1/s1. The fourth-order valence-electron chi connectivity index (χ4n) is 4.34. The number of piperazine rings is 1. The van der Waals surface area contributed by atoms with E-state index in [1.54, 1.807) is 24.5 Å². The number of hydrogen-bond donors (Lipinski definition) is 2. The molecule has 162 valence electrons.